The highest BCUT2D eigenvalue weighted by Gasteiger charge is 2.16. The Morgan fingerprint density at radius 3 is 2.27 bits per heavy atom. The van der Waals surface area contributed by atoms with Crippen LogP contribution in [-0.4, -0.2) is 14.5 Å². The molecule has 0 N–H and O–H groups in total. The third-order valence-corrected chi connectivity index (χ3v) is 7.90. The molecule has 0 bridgehead atoms. The van der Waals surface area contributed by atoms with Gasteiger partial charge in [-0.1, -0.05) is 72.8 Å². The van der Waals surface area contributed by atoms with Gasteiger partial charge in [-0.05, 0) is 65.2 Å². The normalized spacial score (nSPS) is 11.4. The number of para-hydroxylation sites is 1. The first kappa shape index (κ1) is 23.1. The smallest absolute Gasteiger partial charge is 0.0998 e. The molecule has 4 nitrogen and oxygen atoms in total. The fourth-order valence-corrected chi connectivity index (χ4v) is 5.95. The van der Waals surface area contributed by atoms with Crippen LogP contribution in [0.25, 0.3) is 71.6 Å². The molecule has 0 radical (unpaired) electrons. The minimum atomic E-state index is 0.670. The van der Waals surface area contributed by atoms with Crippen LogP contribution in [-0.2, 0) is 0 Å². The van der Waals surface area contributed by atoms with E-state index < -0.39 is 0 Å². The van der Waals surface area contributed by atoms with Gasteiger partial charge in [-0.25, -0.2) is 0 Å². The lowest BCUT2D eigenvalue weighted by Crippen LogP contribution is -1.93. The van der Waals surface area contributed by atoms with E-state index in [1.54, 1.807) is 0 Å². The van der Waals surface area contributed by atoms with Crippen LogP contribution < -0.4 is 0 Å². The van der Waals surface area contributed by atoms with Crippen molar-refractivity contribution in [3.05, 3.63) is 139 Å². The molecule has 0 spiro atoms. The molecule has 41 heavy (non-hydrogen) atoms. The fourth-order valence-electron chi connectivity index (χ4n) is 5.95. The standard InChI is InChI=1S/C37H22N4/c38-22-28-7-4-5-11-31(28)26-14-16-32-33-20-25(15-17-34(33)41(35(32)21-26)30-9-2-1-3-10-30)29-19-27-13-12-24-8-6-18-39-36(24)37(27)40-23-29/h1-21,23H. The second-order valence-electron chi connectivity index (χ2n) is 10.2. The van der Waals surface area contributed by atoms with Crippen LogP contribution in [0.3, 0.4) is 0 Å². The predicted octanol–water partition coefficient (Wildman–Crippen LogP) is 9.09. The van der Waals surface area contributed by atoms with Crippen molar-refractivity contribution in [2.75, 3.05) is 0 Å². The number of benzene rings is 5. The quantitative estimate of drug-likeness (QED) is 0.217. The summed E-state index contributed by atoms with van der Waals surface area (Å²) in [5.41, 5.74) is 9.97. The van der Waals surface area contributed by atoms with Crippen LogP contribution in [0.15, 0.2) is 134 Å². The summed E-state index contributed by atoms with van der Waals surface area (Å²) in [5.74, 6) is 0. The lowest BCUT2D eigenvalue weighted by Gasteiger charge is -2.10. The van der Waals surface area contributed by atoms with Crippen molar-refractivity contribution in [3.63, 3.8) is 0 Å². The SMILES string of the molecule is N#Cc1ccccc1-c1ccc2c3cc(-c4cnc5c(ccc6cccnc65)c4)ccc3n(-c3ccccc3)c2c1. The Kier molecular flexibility index (Phi) is 5.16. The summed E-state index contributed by atoms with van der Waals surface area (Å²) in [4.78, 5) is 9.42. The van der Waals surface area contributed by atoms with E-state index in [1.807, 2.05) is 48.8 Å². The molecule has 8 rings (SSSR count). The second kappa shape index (κ2) is 9.15. The average molecular weight is 523 g/mol. The van der Waals surface area contributed by atoms with Crippen molar-refractivity contribution >= 4 is 43.6 Å². The Morgan fingerprint density at radius 2 is 1.37 bits per heavy atom. The van der Waals surface area contributed by atoms with Gasteiger partial charge in [0.05, 0.1) is 33.7 Å². The van der Waals surface area contributed by atoms with E-state index in [0.29, 0.717) is 5.56 Å². The molecule has 0 aliphatic carbocycles. The molecule has 0 fully saturated rings. The van der Waals surface area contributed by atoms with Crippen molar-refractivity contribution in [3.8, 4) is 34.0 Å². The summed E-state index contributed by atoms with van der Waals surface area (Å²) < 4.78 is 2.31. The van der Waals surface area contributed by atoms with Gasteiger partial charge in [0.15, 0.2) is 0 Å². The minimum Gasteiger partial charge on any atom is -0.309 e. The number of pyridine rings is 2. The van der Waals surface area contributed by atoms with Gasteiger partial charge in [0.1, 0.15) is 0 Å². The van der Waals surface area contributed by atoms with Crippen molar-refractivity contribution in [1.82, 2.24) is 14.5 Å². The molecule has 0 unspecified atom stereocenters. The zero-order valence-electron chi connectivity index (χ0n) is 22.0. The van der Waals surface area contributed by atoms with Gasteiger partial charge in [-0.3, -0.25) is 9.97 Å². The topological polar surface area (TPSA) is 54.5 Å². The Labute approximate surface area is 236 Å². The van der Waals surface area contributed by atoms with Gasteiger partial charge in [0.2, 0.25) is 0 Å². The van der Waals surface area contributed by atoms with E-state index in [1.165, 1.54) is 5.39 Å². The van der Waals surface area contributed by atoms with Crippen molar-refractivity contribution in [1.29, 1.82) is 5.26 Å². The molecule has 3 heterocycles. The van der Waals surface area contributed by atoms with Crippen LogP contribution in [0.1, 0.15) is 5.56 Å². The highest BCUT2D eigenvalue weighted by atomic mass is 15.0. The summed E-state index contributed by atoms with van der Waals surface area (Å²) in [6, 6.07) is 44.1. The summed E-state index contributed by atoms with van der Waals surface area (Å²) in [6.45, 7) is 0. The van der Waals surface area contributed by atoms with E-state index in [0.717, 1.165) is 66.2 Å². The highest BCUT2D eigenvalue weighted by molar-refractivity contribution is 6.12. The number of rotatable bonds is 3. The first-order chi connectivity index (χ1) is 20.3. The molecular weight excluding hydrogens is 500 g/mol. The number of aromatic nitrogens is 3. The van der Waals surface area contributed by atoms with E-state index >= 15 is 0 Å². The van der Waals surface area contributed by atoms with Crippen LogP contribution >= 0.6 is 0 Å². The first-order valence-corrected chi connectivity index (χ1v) is 13.6. The van der Waals surface area contributed by atoms with Gasteiger partial charge >= 0.3 is 0 Å². The molecule has 0 saturated heterocycles. The predicted molar refractivity (Wildman–Crippen MR) is 167 cm³/mol. The summed E-state index contributed by atoms with van der Waals surface area (Å²) in [6.07, 6.45) is 3.77. The maximum atomic E-state index is 9.73. The Bertz CT molecular complexity index is 2320. The number of nitriles is 1. The van der Waals surface area contributed by atoms with E-state index in [9.17, 15) is 5.26 Å². The van der Waals surface area contributed by atoms with Gasteiger partial charge in [0.25, 0.3) is 0 Å². The summed E-state index contributed by atoms with van der Waals surface area (Å²) in [5, 5.41) is 14.2. The molecule has 0 aliphatic heterocycles. The highest BCUT2D eigenvalue weighted by Crippen LogP contribution is 2.38. The third-order valence-electron chi connectivity index (χ3n) is 7.90. The molecule has 0 aliphatic rings. The fraction of sp³-hybridized carbons (Fsp3) is 0. The average Bonchev–Trinajstić information content (AvgIpc) is 3.37. The lowest BCUT2D eigenvalue weighted by molar-refractivity contribution is 1.18. The van der Waals surface area contributed by atoms with Crippen molar-refractivity contribution < 1.29 is 0 Å². The molecule has 3 aromatic heterocycles. The van der Waals surface area contributed by atoms with E-state index in [2.05, 4.69) is 101 Å². The van der Waals surface area contributed by atoms with E-state index in [-0.39, 0.29) is 0 Å². The number of hydrogen-bond acceptors (Lipinski definition) is 3. The Balaban J connectivity index is 1.35. The molecule has 4 heteroatoms. The molecule has 0 atom stereocenters. The number of hydrogen-bond donors (Lipinski definition) is 0. The van der Waals surface area contributed by atoms with Crippen LogP contribution in [0.5, 0.6) is 0 Å². The zero-order valence-corrected chi connectivity index (χ0v) is 22.0. The first-order valence-electron chi connectivity index (χ1n) is 13.6. The summed E-state index contributed by atoms with van der Waals surface area (Å²) in [7, 11) is 0. The van der Waals surface area contributed by atoms with E-state index in [4.69, 9.17) is 4.98 Å². The van der Waals surface area contributed by atoms with Gasteiger partial charge in [-0.2, -0.15) is 5.26 Å². The van der Waals surface area contributed by atoms with Crippen LogP contribution in [0.2, 0.25) is 0 Å². The molecule has 190 valence electrons. The van der Waals surface area contributed by atoms with Crippen molar-refractivity contribution in [2.45, 2.75) is 0 Å². The molecule has 0 saturated carbocycles. The summed E-state index contributed by atoms with van der Waals surface area (Å²) >= 11 is 0. The van der Waals surface area contributed by atoms with Gasteiger partial charge in [-0.15, -0.1) is 0 Å². The van der Waals surface area contributed by atoms with Crippen LogP contribution in [0.4, 0.5) is 0 Å². The monoisotopic (exact) mass is 522 g/mol. The number of nitrogens with zero attached hydrogens (tertiary/aromatic N) is 4. The number of fused-ring (bicyclic) bond motifs is 6. The molecular formula is C37H22N4. The van der Waals surface area contributed by atoms with Crippen LogP contribution in [0, 0.1) is 11.3 Å². The molecule has 8 aromatic rings. The molecule has 0 amide bonds. The minimum absolute atomic E-state index is 0.670. The third kappa shape index (κ3) is 3.68. The van der Waals surface area contributed by atoms with Gasteiger partial charge < -0.3 is 4.57 Å². The van der Waals surface area contributed by atoms with Crippen molar-refractivity contribution in [2.24, 2.45) is 0 Å². The van der Waals surface area contributed by atoms with Gasteiger partial charge in [0, 0.05) is 45.2 Å². The largest absolute Gasteiger partial charge is 0.309 e. The Morgan fingerprint density at radius 1 is 0.561 bits per heavy atom. The zero-order chi connectivity index (χ0) is 27.3. The maximum absolute atomic E-state index is 9.73. The molecule has 5 aromatic carbocycles. The Hall–Kier alpha value is -5.79. The lowest BCUT2D eigenvalue weighted by atomic mass is 9.98. The maximum Gasteiger partial charge on any atom is 0.0998 e. The second-order valence-corrected chi connectivity index (χ2v) is 10.2.